The molecule has 8 heteroatoms. The van der Waals surface area contributed by atoms with Gasteiger partial charge in [0, 0.05) is 10.9 Å². The number of para-hydroxylation sites is 1. The standard InChI is InChI=1S/C25H19N5O3/c1-25(2)12-20(31)18-11-16(7-9-21(18)33-25)24(32)29-23-17(13-26)14-27-30(23)22-10-8-15-5-3-4-6-19(15)28-22/h3-11,14H,12H2,1-2H3,(H,29,32). The molecular formula is C25H19N5O3. The number of anilines is 1. The van der Waals surface area contributed by atoms with E-state index in [-0.39, 0.29) is 29.1 Å². The van der Waals surface area contributed by atoms with Gasteiger partial charge in [-0.25, -0.2) is 4.98 Å². The van der Waals surface area contributed by atoms with E-state index >= 15 is 0 Å². The summed E-state index contributed by atoms with van der Waals surface area (Å²) >= 11 is 0. The summed E-state index contributed by atoms with van der Waals surface area (Å²) < 4.78 is 7.28. The molecule has 2 aromatic heterocycles. The first-order valence-electron chi connectivity index (χ1n) is 10.4. The molecule has 8 nitrogen and oxygen atoms in total. The number of rotatable bonds is 3. The highest BCUT2D eigenvalue weighted by atomic mass is 16.5. The van der Waals surface area contributed by atoms with Crippen LogP contribution in [0.4, 0.5) is 5.82 Å². The first kappa shape index (κ1) is 20.4. The van der Waals surface area contributed by atoms with E-state index in [2.05, 4.69) is 15.4 Å². The Labute approximate surface area is 189 Å². The fourth-order valence-electron chi connectivity index (χ4n) is 3.87. The molecule has 0 spiro atoms. The van der Waals surface area contributed by atoms with Gasteiger partial charge in [0.15, 0.2) is 17.4 Å². The lowest BCUT2D eigenvalue weighted by Crippen LogP contribution is -2.36. The molecular weight excluding hydrogens is 418 g/mol. The summed E-state index contributed by atoms with van der Waals surface area (Å²) in [5, 5.41) is 17.5. The zero-order valence-corrected chi connectivity index (χ0v) is 18.0. The van der Waals surface area contributed by atoms with Gasteiger partial charge in [0.1, 0.15) is 23.0 Å². The number of fused-ring (bicyclic) bond motifs is 2. The van der Waals surface area contributed by atoms with Crippen molar-refractivity contribution >= 4 is 28.4 Å². The number of nitrogens with zero attached hydrogens (tertiary/aromatic N) is 4. The van der Waals surface area contributed by atoms with Crippen molar-refractivity contribution in [1.82, 2.24) is 14.8 Å². The first-order valence-corrected chi connectivity index (χ1v) is 10.4. The minimum Gasteiger partial charge on any atom is -0.487 e. The quantitative estimate of drug-likeness (QED) is 0.512. The number of amides is 1. The number of aromatic nitrogens is 3. The van der Waals surface area contributed by atoms with Crippen molar-refractivity contribution in [2.75, 3.05) is 5.32 Å². The van der Waals surface area contributed by atoms with E-state index in [1.54, 1.807) is 18.2 Å². The molecule has 3 heterocycles. The van der Waals surface area contributed by atoms with Crippen LogP contribution in [-0.4, -0.2) is 32.1 Å². The Morgan fingerprint density at radius 2 is 2.00 bits per heavy atom. The predicted octanol–water partition coefficient (Wildman–Crippen LogP) is 4.29. The SMILES string of the molecule is CC1(C)CC(=O)c2cc(C(=O)Nc3c(C#N)cnn3-c3ccc4ccccc4n3)ccc2O1. The number of nitriles is 1. The Morgan fingerprint density at radius 1 is 1.18 bits per heavy atom. The molecule has 1 amide bonds. The van der Waals surface area contributed by atoms with Crippen molar-refractivity contribution in [1.29, 1.82) is 5.26 Å². The number of benzene rings is 2. The Bertz CT molecular complexity index is 1480. The highest BCUT2D eigenvalue weighted by Gasteiger charge is 2.33. The third-order valence-corrected chi connectivity index (χ3v) is 5.44. The second-order valence-corrected chi connectivity index (χ2v) is 8.42. The number of ether oxygens (including phenoxy) is 1. The largest absolute Gasteiger partial charge is 0.487 e. The lowest BCUT2D eigenvalue weighted by atomic mass is 9.92. The number of nitrogens with one attached hydrogen (secondary N) is 1. The molecule has 1 N–H and O–H groups in total. The van der Waals surface area contributed by atoms with Crippen molar-refractivity contribution < 1.29 is 14.3 Å². The first-order chi connectivity index (χ1) is 15.8. The van der Waals surface area contributed by atoms with Crippen molar-refractivity contribution in [3.8, 4) is 17.6 Å². The summed E-state index contributed by atoms with van der Waals surface area (Å²) in [4.78, 5) is 30.2. The van der Waals surface area contributed by atoms with Crippen LogP contribution in [0.25, 0.3) is 16.7 Å². The predicted molar refractivity (Wildman–Crippen MR) is 122 cm³/mol. The molecule has 33 heavy (non-hydrogen) atoms. The Hall–Kier alpha value is -4.51. The maximum atomic E-state index is 13.1. The number of hydrogen-bond donors (Lipinski definition) is 1. The average molecular weight is 437 g/mol. The monoisotopic (exact) mass is 437 g/mol. The van der Waals surface area contributed by atoms with Gasteiger partial charge in [0.05, 0.1) is 23.7 Å². The van der Waals surface area contributed by atoms with E-state index in [0.29, 0.717) is 17.1 Å². The minimum absolute atomic E-state index is 0.0842. The number of Topliss-reactive ketones (excluding diaryl/α,β-unsaturated/α-hetero) is 1. The summed E-state index contributed by atoms with van der Waals surface area (Å²) in [6.45, 7) is 3.69. The van der Waals surface area contributed by atoms with Crippen molar-refractivity contribution in [2.24, 2.45) is 0 Å². The van der Waals surface area contributed by atoms with E-state index in [0.717, 1.165) is 10.9 Å². The molecule has 0 atom stereocenters. The lowest BCUT2D eigenvalue weighted by Gasteiger charge is -2.31. The molecule has 0 fully saturated rings. The van der Waals surface area contributed by atoms with Gasteiger partial charge in [0.2, 0.25) is 0 Å². The molecule has 0 radical (unpaired) electrons. The zero-order valence-electron chi connectivity index (χ0n) is 18.0. The van der Waals surface area contributed by atoms with Crippen LogP contribution in [-0.2, 0) is 0 Å². The van der Waals surface area contributed by atoms with Gasteiger partial charge >= 0.3 is 0 Å². The summed E-state index contributed by atoms with van der Waals surface area (Å²) in [5.41, 5.74) is 1.00. The van der Waals surface area contributed by atoms with Crippen LogP contribution < -0.4 is 10.1 Å². The second-order valence-electron chi connectivity index (χ2n) is 8.42. The molecule has 1 aliphatic heterocycles. The molecule has 162 valence electrons. The van der Waals surface area contributed by atoms with Crippen LogP contribution in [0.3, 0.4) is 0 Å². The third kappa shape index (κ3) is 3.70. The maximum Gasteiger partial charge on any atom is 0.256 e. The fraction of sp³-hybridized carbons (Fsp3) is 0.160. The Balaban J connectivity index is 1.49. The maximum absolute atomic E-state index is 13.1. The highest BCUT2D eigenvalue weighted by molar-refractivity contribution is 6.08. The normalized spacial score (nSPS) is 14.3. The van der Waals surface area contributed by atoms with Crippen LogP contribution in [0.2, 0.25) is 0 Å². The third-order valence-electron chi connectivity index (χ3n) is 5.44. The Morgan fingerprint density at radius 3 is 2.82 bits per heavy atom. The van der Waals surface area contributed by atoms with Crippen LogP contribution in [0.1, 0.15) is 46.5 Å². The average Bonchev–Trinajstić information content (AvgIpc) is 3.20. The molecule has 0 saturated carbocycles. The van der Waals surface area contributed by atoms with Gasteiger partial charge in [-0.1, -0.05) is 18.2 Å². The molecule has 2 aromatic carbocycles. The van der Waals surface area contributed by atoms with E-state index < -0.39 is 11.5 Å². The van der Waals surface area contributed by atoms with Crippen molar-refractivity contribution in [3.05, 3.63) is 77.5 Å². The zero-order chi connectivity index (χ0) is 23.2. The molecule has 0 aliphatic carbocycles. The molecule has 0 saturated heterocycles. The number of hydrogen-bond acceptors (Lipinski definition) is 6. The molecule has 0 unspecified atom stereocenters. The van der Waals surface area contributed by atoms with Gasteiger partial charge in [0.25, 0.3) is 5.91 Å². The van der Waals surface area contributed by atoms with Crippen LogP contribution in [0.5, 0.6) is 5.75 Å². The number of pyridine rings is 1. The second kappa shape index (κ2) is 7.57. The minimum atomic E-state index is -0.588. The van der Waals surface area contributed by atoms with Gasteiger partial charge in [-0.15, -0.1) is 0 Å². The summed E-state index contributed by atoms with van der Waals surface area (Å²) in [7, 11) is 0. The molecule has 0 bridgehead atoms. The van der Waals surface area contributed by atoms with E-state index in [1.165, 1.54) is 16.9 Å². The van der Waals surface area contributed by atoms with Gasteiger partial charge in [-0.3, -0.25) is 9.59 Å². The van der Waals surface area contributed by atoms with E-state index in [9.17, 15) is 14.9 Å². The van der Waals surface area contributed by atoms with E-state index in [4.69, 9.17) is 4.74 Å². The fourth-order valence-corrected chi connectivity index (χ4v) is 3.87. The summed E-state index contributed by atoms with van der Waals surface area (Å²) in [6, 6.07) is 18.1. The summed E-state index contributed by atoms with van der Waals surface area (Å²) in [6.07, 6.45) is 1.60. The molecule has 5 rings (SSSR count). The van der Waals surface area contributed by atoms with Crippen LogP contribution in [0.15, 0.2) is 60.8 Å². The number of ketones is 1. The Kier molecular flexibility index (Phi) is 4.68. The van der Waals surface area contributed by atoms with Crippen molar-refractivity contribution in [2.45, 2.75) is 25.9 Å². The van der Waals surface area contributed by atoms with Crippen LogP contribution in [0, 0.1) is 11.3 Å². The molecule has 1 aliphatic rings. The van der Waals surface area contributed by atoms with Crippen LogP contribution >= 0.6 is 0 Å². The topological polar surface area (TPSA) is 110 Å². The summed E-state index contributed by atoms with van der Waals surface area (Å²) in [5.74, 6) is 0.554. The van der Waals surface area contributed by atoms with Gasteiger partial charge in [-0.05, 0) is 50.2 Å². The van der Waals surface area contributed by atoms with Crippen molar-refractivity contribution in [3.63, 3.8) is 0 Å². The molecule has 4 aromatic rings. The number of carbonyl (C=O) groups excluding carboxylic acids is 2. The number of carbonyl (C=O) groups is 2. The van der Waals surface area contributed by atoms with Gasteiger partial charge < -0.3 is 10.1 Å². The lowest BCUT2D eigenvalue weighted by molar-refractivity contribution is 0.0620. The smallest absolute Gasteiger partial charge is 0.256 e. The highest BCUT2D eigenvalue weighted by Crippen LogP contribution is 2.33. The van der Waals surface area contributed by atoms with E-state index in [1.807, 2.05) is 50.2 Å². The van der Waals surface area contributed by atoms with Gasteiger partial charge in [-0.2, -0.15) is 15.0 Å².